The smallest absolute Gasteiger partial charge is 0.235 e. The number of rotatable bonds is 6. The molecular formula is C10H15FN2O3S. The fraction of sp³-hybridized carbons (Fsp3) is 0.400. The van der Waals surface area contributed by atoms with Gasteiger partial charge >= 0.3 is 0 Å². The Kier molecular flexibility index (Phi) is 4.71. The number of sulfonamides is 1. The van der Waals surface area contributed by atoms with Crippen LogP contribution < -0.4 is 10.5 Å². The zero-order valence-corrected chi connectivity index (χ0v) is 10.3. The van der Waals surface area contributed by atoms with Gasteiger partial charge in [0, 0.05) is 12.7 Å². The second-order valence-electron chi connectivity index (χ2n) is 3.35. The van der Waals surface area contributed by atoms with Crippen LogP contribution in [-0.4, -0.2) is 27.4 Å². The Labute approximate surface area is 99.8 Å². The standard InChI is InChI=1S/C10H15FN2O3S/c1-2-16-5-6-17(14,15)13-10-7-8(11)3-4-9(10)12/h3-4,7,13H,2,5-6,12H2,1H3. The van der Waals surface area contributed by atoms with E-state index < -0.39 is 15.8 Å². The molecule has 17 heavy (non-hydrogen) atoms. The van der Waals surface area contributed by atoms with Crippen molar-refractivity contribution in [2.75, 3.05) is 29.4 Å². The van der Waals surface area contributed by atoms with Crippen LogP contribution in [0.3, 0.4) is 0 Å². The Morgan fingerprint density at radius 1 is 1.47 bits per heavy atom. The average molecular weight is 262 g/mol. The van der Waals surface area contributed by atoms with E-state index >= 15 is 0 Å². The summed E-state index contributed by atoms with van der Waals surface area (Å²) in [5.41, 5.74) is 5.74. The summed E-state index contributed by atoms with van der Waals surface area (Å²) in [5, 5.41) is 0. The van der Waals surface area contributed by atoms with E-state index in [0.717, 1.165) is 12.1 Å². The lowest BCUT2D eigenvalue weighted by atomic mass is 10.3. The van der Waals surface area contributed by atoms with E-state index in [1.807, 2.05) is 0 Å². The van der Waals surface area contributed by atoms with E-state index in [-0.39, 0.29) is 23.7 Å². The van der Waals surface area contributed by atoms with Crippen LogP contribution in [0, 0.1) is 5.82 Å². The minimum absolute atomic E-state index is 0.0431. The lowest BCUT2D eigenvalue weighted by Crippen LogP contribution is -2.20. The van der Waals surface area contributed by atoms with Crippen molar-refractivity contribution in [3.63, 3.8) is 0 Å². The minimum Gasteiger partial charge on any atom is -0.397 e. The third-order valence-corrected chi connectivity index (χ3v) is 3.22. The van der Waals surface area contributed by atoms with E-state index in [1.165, 1.54) is 6.07 Å². The number of ether oxygens (including phenoxy) is 1. The molecule has 0 aliphatic rings. The summed E-state index contributed by atoms with van der Waals surface area (Å²) < 4.78 is 43.2. The van der Waals surface area contributed by atoms with E-state index in [1.54, 1.807) is 6.92 Å². The van der Waals surface area contributed by atoms with Gasteiger partial charge in [0.25, 0.3) is 0 Å². The largest absolute Gasteiger partial charge is 0.397 e. The quantitative estimate of drug-likeness (QED) is 0.596. The van der Waals surface area contributed by atoms with Crippen molar-refractivity contribution in [1.29, 1.82) is 0 Å². The van der Waals surface area contributed by atoms with Crippen molar-refractivity contribution in [2.24, 2.45) is 0 Å². The molecule has 0 fully saturated rings. The Morgan fingerprint density at radius 2 is 2.18 bits per heavy atom. The van der Waals surface area contributed by atoms with Crippen molar-refractivity contribution in [3.05, 3.63) is 24.0 Å². The van der Waals surface area contributed by atoms with E-state index in [0.29, 0.717) is 6.61 Å². The average Bonchev–Trinajstić information content (AvgIpc) is 2.23. The molecule has 0 heterocycles. The second kappa shape index (κ2) is 5.83. The first-order valence-electron chi connectivity index (χ1n) is 5.08. The van der Waals surface area contributed by atoms with Gasteiger partial charge in [0.2, 0.25) is 10.0 Å². The zero-order chi connectivity index (χ0) is 12.9. The van der Waals surface area contributed by atoms with Crippen LogP contribution >= 0.6 is 0 Å². The van der Waals surface area contributed by atoms with Gasteiger partial charge in [-0.05, 0) is 19.1 Å². The molecule has 0 saturated carbocycles. The molecule has 1 rings (SSSR count). The number of hydrogen-bond acceptors (Lipinski definition) is 4. The Bertz CT molecular complexity index is 476. The number of halogens is 1. The van der Waals surface area contributed by atoms with Crippen molar-refractivity contribution in [1.82, 2.24) is 0 Å². The molecule has 96 valence electrons. The molecule has 0 unspecified atom stereocenters. The summed E-state index contributed by atoms with van der Waals surface area (Å²) in [6, 6.07) is 3.50. The predicted molar refractivity (Wildman–Crippen MR) is 64.7 cm³/mol. The zero-order valence-electron chi connectivity index (χ0n) is 9.44. The van der Waals surface area contributed by atoms with Crippen LogP contribution in [-0.2, 0) is 14.8 Å². The molecule has 1 aromatic carbocycles. The molecule has 0 bridgehead atoms. The molecule has 3 N–H and O–H groups in total. The summed E-state index contributed by atoms with van der Waals surface area (Å²) in [4.78, 5) is 0. The third-order valence-electron chi connectivity index (χ3n) is 1.98. The molecule has 0 saturated heterocycles. The molecule has 5 nitrogen and oxygen atoms in total. The summed E-state index contributed by atoms with van der Waals surface area (Å²) in [5.74, 6) is -0.752. The van der Waals surface area contributed by atoms with Crippen molar-refractivity contribution >= 4 is 21.4 Å². The number of hydrogen-bond donors (Lipinski definition) is 2. The Morgan fingerprint density at radius 3 is 2.82 bits per heavy atom. The maximum Gasteiger partial charge on any atom is 0.235 e. The van der Waals surface area contributed by atoms with Crippen molar-refractivity contribution in [2.45, 2.75) is 6.92 Å². The maximum absolute atomic E-state index is 12.9. The van der Waals surface area contributed by atoms with Gasteiger partial charge in [0.05, 0.1) is 23.7 Å². The van der Waals surface area contributed by atoms with Crippen molar-refractivity contribution < 1.29 is 17.5 Å². The summed E-state index contributed by atoms with van der Waals surface area (Å²) in [6.45, 7) is 2.29. The highest BCUT2D eigenvalue weighted by Crippen LogP contribution is 2.20. The summed E-state index contributed by atoms with van der Waals surface area (Å²) in [6.07, 6.45) is 0. The molecule has 7 heteroatoms. The van der Waals surface area contributed by atoms with Crippen LogP contribution in [0.25, 0.3) is 0 Å². The first-order chi connectivity index (χ1) is 7.94. The van der Waals surface area contributed by atoms with Crippen LogP contribution in [0.15, 0.2) is 18.2 Å². The Balaban J connectivity index is 2.72. The summed E-state index contributed by atoms with van der Waals surface area (Å²) in [7, 11) is -3.57. The first-order valence-corrected chi connectivity index (χ1v) is 6.73. The third kappa shape index (κ3) is 4.58. The molecule has 0 aliphatic heterocycles. The summed E-state index contributed by atoms with van der Waals surface area (Å²) >= 11 is 0. The van der Waals surface area contributed by atoms with E-state index in [2.05, 4.69) is 4.72 Å². The molecule has 0 atom stereocenters. The lowest BCUT2D eigenvalue weighted by molar-refractivity contribution is 0.163. The number of benzene rings is 1. The van der Waals surface area contributed by atoms with Gasteiger partial charge in [0.15, 0.2) is 0 Å². The van der Waals surface area contributed by atoms with Gasteiger partial charge in [-0.1, -0.05) is 0 Å². The van der Waals surface area contributed by atoms with Gasteiger partial charge in [-0.3, -0.25) is 4.72 Å². The topological polar surface area (TPSA) is 81.4 Å². The highest BCUT2D eigenvalue weighted by molar-refractivity contribution is 7.92. The Hall–Kier alpha value is -1.34. The number of nitrogen functional groups attached to an aromatic ring is 1. The number of nitrogens with one attached hydrogen (secondary N) is 1. The predicted octanol–water partition coefficient (Wildman–Crippen LogP) is 1.19. The van der Waals surface area contributed by atoms with Gasteiger partial charge < -0.3 is 10.5 Å². The van der Waals surface area contributed by atoms with Crippen LogP contribution in [0.5, 0.6) is 0 Å². The van der Waals surface area contributed by atoms with E-state index in [9.17, 15) is 12.8 Å². The molecule has 0 radical (unpaired) electrons. The fourth-order valence-corrected chi connectivity index (χ4v) is 2.10. The molecular weight excluding hydrogens is 247 g/mol. The SMILES string of the molecule is CCOCCS(=O)(=O)Nc1cc(F)ccc1N. The molecule has 0 amide bonds. The number of nitrogens with two attached hydrogens (primary N) is 1. The van der Waals surface area contributed by atoms with E-state index in [4.69, 9.17) is 10.5 Å². The van der Waals surface area contributed by atoms with Gasteiger partial charge in [-0.25, -0.2) is 12.8 Å². The lowest BCUT2D eigenvalue weighted by Gasteiger charge is -2.10. The monoisotopic (exact) mass is 262 g/mol. The second-order valence-corrected chi connectivity index (χ2v) is 5.19. The highest BCUT2D eigenvalue weighted by atomic mass is 32.2. The minimum atomic E-state index is -3.57. The van der Waals surface area contributed by atoms with Crippen LogP contribution in [0.1, 0.15) is 6.92 Å². The van der Waals surface area contributed by atoms with Gasteiger partial charge in [-0.2, -0.15) is 0 Å². The van der Waals surface area contributed by atoms with Gasteiger partial charge in [0.1, 0.15) is 5.82 Å². The molecule has 1 aromatic rings. The van der Waals surface area contributed by atoms with Crippen molar-refractivity contribution in [3.8, 4) is 0 Å². The first kappa shape index (κ1) is 13.7. The molecule has 0 aliphatic carbocycles. The highest BCUT2D eigenvalue weighted by Gasteiger charge is 2.12. The molecule has 0 spiro atoms. The normalized spacial score (nSPS) is 11.4. The van der Waals surface area contributed by atoms with Crippen LogP contribution in [0.2, 0.25) is 0 Å². The van der Waals surface area contributed by atoms with Crippen LogP contribution in [0.4, 0.5) is 15.8 Å². The number of anilines is 2. The maximum atomic E-state index is 12.9. The fourth-order valence-electron chi connectivity index (χ4n) is 1.15. The molecule has 0 aromatic heterocycles. The van der Waals surface area contributed by atoms with Gasteiger partial charge in [-0.15, -0.1) is 0 Å².